The van der Waals surface area contributed by atoms with Crippen LogP contribution in [-0.2, 0) is 5.75 Å². The molecule has 27 heavy (non-hydrogen) atoms. The van der Waals surface area contributed by atoms with Crippen molar-refractivity contribution < 1.29 is 0 Å². The predicted octanol–water partition coefficient (Wildman–Crippen LogP) is 6.22. The lowest BCUT2D eigenvalue weighted by Crippen LogP contribution is -2.12. The fourth-order valence-corrected chi connectivity index (χ4v) is 4.78. The zero-order valence-electron chi connectivity index (χ0n) is 16.2. The molecule has 1 fully saturated rings. The van der Waals surface area contributed by atoms with Gasteiger partial charge in [0.25, 0.3) is 0 Å². The number of benzene rings is 2. The molecule has 0 saturated heterocycles. The fourth-order valence-electron chi connectivity index (χ4n) is 3.87. The van der Waals surface area contributed by atoms with Crippen LogP contribution in [0.3, 0.4) is 0 Å². The van der Waals surface area contributed by atoms with Crippen molar-refractivity contribution in [3.63, 3.8) is 0 Å². The highest BCUT2D eigenvalue weighted by molar-refractivity contribution is 7.98. The van der Waals surface area contributed by atoms with Crippen LogP contribution in [0.25, 0.3) is 5.69 Å². The maximum atomic E-state index is 4.68. The molecule has 4 rings (SSSR count). The first-order chi connectivity index (χ1) is 13.2. The highest BCUT2D eigenvalue weighted by atomic mass is 32.2. The molecule has 0 atom stereocenters. The minimum Gasteiger partial charge on any atom is -0.274 e. The zero-order chi connectivity index (χ0) is 18.6. The summed E-state index contributed by atoms with van der Waals surface area (Å²) in [5.41, 5.74) is 5.11. The Balaban J connectivity index is 1.67. The molecule has 0 spiro atoms. The second-order valence-corrected chi connectivity index (χ2v) is 8.51. The molecule has 3 aromatic rings. The molecular weight excluding hydrogens is 350 g/mol. The van der Waals surface area contributed by atoms with Crippen molar-refractivity contribution in [1.82, 2.24) is 14.8 Å². The quantitative estimate of drug-likeness (QED) is 0.494. The van der Waals surface area contributed by atoms with Crippen LogP contribution in [-0.4, -0.2) is 14.8 Å². The molecule has 0 amide bonds. The first-order valence-corrected chi connectivity index (χ1v) is 10.9. The van der Waals surface area contributed by atoms with Gasteiger partial charge in [0.15, 0.2) is 5.16 Å². The number of nitrogens with zero attached hydrogens (tertiary/aromatic N) is 3. The van der Waals surface area contributed by atoms with E-state index in [9.17, 15) is 0 Å². The molecule has 0 unspecified atom stereocenters. The van der Waals surface area contributed by atoms with E-state index in [1.807, 2.05) is 0 Å². The van der Waals surface area contributed by atoms with Crippen LogP contribution in [0.5, 0.6) is 0 Å². The van der Waals surface area contributed by atoms with Crippen LogP contribution in [0.15, 0.2) is 53.7 Å². The number of aryl methyl sites for hydroxylation is 2. The summed E-state index contributed by atoms with van der Waals surface area (Å²) in [7, 11) is 0. The van der Waals surface area contributed by atoms with Crippen molar-refractivity contribution >= 4 is 11.8 Å². The Morgan fingerprint density at radius 1 is 0.926 bits per heavy atom. The SMILES string of the molecule is Cc1ccc(CSc2nnc(C3CCCCC3)n2-c2ccccc2C)cc1. The van der Waals surface area contributed by atoms with E-state index in [1.165, 1.54) is 54.5 Å². The third-order valence-corrected chi connectivity index (χ3v) is 6.47. The number of rotatable bonds is 5. The van der Waals surface area contributed by atoms with Crippen LogP contribution in [0.2, 0.25) is 0 Å². The molecule has 1 aromatic heterocycles. The number of aromatic nitrogens is 3. The minimum atomic E-state index is 0.527. The summed E-state index contributed by atoms with van der Waals surface area (Å²) in [5.74, 6) is 2.59. The summed E-state index contributed by atoms with van der Waals surface area (Å²) in [6, 6.07) is 17.3. The maximum absolute atomic E-state index is 4.68. The normalized spacial score (nSPS) is 15.2. The van der Waals surface area contributed by atoms with Crippen LogP contribution in [0.1, 0.15) is 60.5 Å². The predicted molar refractivity (Wildman–Crippen MR) is 113 cm³/mol. The van der Waals surface area contributed by atoms with Gasteiger partial charge in [-0.2, -0.15) is 0 Å². The van der Waals surface area contributed by atoms with Gasteiger partial charge in [0.1, 0.15) is 5.82 Å². The van der Waals surface area contributed by atoms with Gasteiger partial charge in [-0.05, 0) is 43.9 Å². The zero-order valence-corrected chi connectivity index (χ0v) is 17.0. The third-order valence-electron chi connectivity index (χ3n) is 5.47. The Morgan fingerprint density at radius 3 is 2.41 bits per heavy atom. The lowest BCUT2D eigenvalue weighted by Gasteiger charge is -2.22. The number of para-hydroxylation sites is 1. The number of hydrogen-bond donors (Lipinski definition) is 0. The molecule has 1 aliphatic carbocycles. The molecule has 0 radical (unpaired) electrons. The molecule has 3 nitrogen and oxygen atoms in total. The van der Waals surface area contributed by atoms with E-state index in [1.54, 1.807) is 11.8 Å². The molecule has 4 heteroatoms. The van der Waals surface area contributed by atoms with Crippen molar-refractivity contribution in [2.45, 2.75) is 62.8 Å². The standard InChI is InChI=1S/C23H27N3S/c1-17-12-14-19(15-13-17)16-27-23-25-24-22(20-9-4-3-5-10-20)26(23)21-11-7-6-8-18(21)2/h6-8,11-15,20H,3-5,9-10,16H2,1-2H3. The Bertz CT molecular complexity index is 892. The summed E-state index contributed by atoms with van der Waals surface area (Å²) in [6.07, 6.45) is 6.41. The molecule has 0 bridgehead atoms. The average Bonchev–Trinajstić information content (AvgIpc) is 3.12. The van der Waals surface area contributed by atoms with E-state index in [0.29, 0.717) is 5.92 Å². The van der Waals surface area contributed by atoms with E-state index in [2.05, 4.69) is 77.1 Å². The fraction of sp³-hybridized carbons (Fsp3) is 0.391. The Hall–Kier alpha value is -2.07. The topological polar surface area (TPSA) is 30.7 Å². The lowest BCUT2D eigenvalue weighted by atomic mass is 9.88. The third kappa shape index (κ3) is 4.11. The van der Waals surface area contributed by atoms with Crippen LogP contribution < -0.4 is 0 Å². The molecule has 0 N–H and O–H groups in total. The minimum absolute atomic E-state index is 0.527. The van der Waals surface area contributed by atoms with Gasteiger partial charge >= 0.3 is 0 Å². The van der Waals surface area contributed by atoms with Crippen molar-refractivity contribution in [1.29, 1.82) is 0 Å². The monoisotopic (exact) mass is 377 g/mol. The number of thioether (sulfide) groups is 1. The summed E-state index contributed by atoms with van der Waals surface area (Å²) >= 11 is 1.78. The van der Waals surface area contributed by atoms with E-state index < -0.39 is 0 Å². The molecule has 0 aliphatic heterocycles. The van der Waals surface area contributed by atoms with Crippen LogP contribution >= 0.6 is 11.8 Å². The van der Waals surface area contributed by atoms with Crippen LogP contribution in [0, 0.1) is 13.8 Å². The highest BCUT2D eigenvalue weighted by Crippen LogP contribution is 2.36. The maximum Gasteiger partial charge on any atom is 0.196 e. The van der Waals surface area contributed by atoms with E-state index >= 15 is 0 Å². The molecule has 1 heterocycles. The Morgan fingerprint density at radius 2 is 1.67 bits per heavy atom. The molecule has 1 aliphatic rings. The van der Waals surface area contributed by atoms with Gasteiger partial charge in [0.05, 0.1) is 5.69 Å². The largest absolute Gasteiger partial charge is 0.274 e. The van der Waals surface area contributed by atoms with Crippen LogP contribution in [0.4, 0.5) is 0 Å². The first-order valence-electron chi connectivity index (χ1n) is 9.92. The first kappa shape index (κ1) is 18.3. The van der Waals surface area contributed by atoms with Crippen molar-refractivity contribution in [2.75, 3.05) is 0 Å². The summed E-state index contributed by atoms with van der Waals surface area (Å²) in [6.45, 7) is 4.30. The van der Waals surface area contributed by atoms with E-state index in [-0.39, 0.29) is 0 Å². The summed E-state index contributed by atoms with van der Waals surface area (Å²) in [4.78, 5) is 0. The van der Waals surface area contributed by atoms with Gasteiger partial charge in [0, 0.05) is 11.7 Å². The van der Waals surface area contributed by atoms with E-state index in [0.717, 1.165) is 16.7 Å². The smallest absolute Gasteiger partial charge is 0.196 e. The summed E-state index contributed by atoms with van der Waals surface area (Å²) < 4.78 is 2.32. The summed E-state index contributed by atoms with van der Waals surface area (Å²) in [5, 5.41) is 10.3. The second-order valence-electron chi connectivity index (χ2n) is 7.57. The second kappa shape index (κ2) is 8.30. The van der Waals surface area contributed by atoms with E-state index in [4.69, 9.17) is 0 Å². The van der Waals surface area contributed by atoms with Crippen molar-refractivity contribution in [2.24, 2.45) is 0 Å². The van der Waals surface area contributed by atoms with Crippen molar-refractivity contribution in [3.05, 3.63) is 71.0 Å². The van der Waals surface area contributed by atoms with Gasteiger partial charge in [-0.3, -0.25) is 4.57 Å². The van der Waals surface area contributed by atoms with Crippen molar-refractivity contribution in [3.8, 4) is 5.69 Å². The Labute approximate surface area is 166 Å². The van der Waals surface area contributed by atoms with Gasteiger partial charge in [-0.25, -0.2) is 0 Å². The van der Waals surface area contributed by atoms with Gasteiger partial charge in [0.2, 0.25) is 0 Å². The molecule has 140 valence electrons. The van der Waals surface area contributed by atoms with Gasteiger partial charge < -0.3 is 0 Å². The molecule has 1 saturated carbocycles. The molecular formula is C23H27N3S. The number of hydrogen-bond acceptors (Lipinski definition) is 3. The highest BCUT2D eigenvalue weighted by Gasteiger charge is 2.24. The average molecular weight is 378 g/mol. The Kier molecular flexibility index (Phi) is 5.63. The van der Waals surface area contributed by atoms with Gasteiger partial charge in [-0.1, -0.05) is 79.1 Å². The van der Waals surface area contributed by atoms with Gasteiger partial charge in [-0.15, -0.1) is 10.2 Å². The molecule has 2 aromatic carbocycles. The lowest BCUT2D eigenvalue weighted by molar-refractivity contribution is 0.423.